The van der Waals surface area contributed by atoms with Crippen LogP contribution in [0.25, 0.3) is 0 Å². The van der Waals surface area contributed by atoms with Crippen LogP contribution in [0.4, 0.5) is 0 Å². The lowest BCUT2D eigenvalue weighted by atomic mass is 9.94. The van der Waals surface area contributed by atoms with Gasteiger partial charge in [-0.3, -0.25) is 4.79 Å². The third-order valence-corrected chi connectivity index (χ3v) is 4.53. The Labute approximate surface area is 131 Å². The van der Waals surface area contributed by atoms with Crippen molar-refractivity contribution < 1.29 is 9.63 Å². The lowest BCUT2D eigenvalue weighted by molar-refractivity contribution is -0.155. The van der Waals surface area contributed by atoms with Crippen LogP contribution in [-0.4, -0.2) is 59.7 Å². The molecule has 0 N–H and O–H groups in total. The fourth-order valence-electron chi connectivity index (χ4n) is 3.04. The average Bonchev–Trinajstić information content (AvgIpc) is 2.99. The molecule has 0 unspecified atom stereocenters. The van der Waals surface area contributed by atoms with Crippen molar-refractivity contribution in [3.8, 4) is 0 Å². The molecule has 0 saturated carbocycles. The van der Waals surface area contributed by atoms with E-state index in [0.29, 0.717) is 6.42 Å². The SMILES string of the molecule is CCN1CCN(C(=O)[C@]2(C)CC(c3ccccc3)=NO2)CC1. The number of nitrogens with zero attached hydrogens (tertiary/aromatic N) is 3. The number of carbonyl (C=O) groups is 1. The third-order valence-electron chi connectivity index (χ3n) is 4.53. The van der Waals surface area contributed by atoms with Crippen molar-refractivity contribution in [1.82, 2.24) is 9.80 Å². The van der Waals surface area contributed by atoms with Crippen molar-refractivity contribution in [2.45, 2.75) is 25.9 Å². The minimum absolute atomic E-state index is 0.0536. The van der Waals surface area contributed by atoms with Gasteiger partial charge in [0.2, 0.25) is 5.60 Å². The lowest BCUT2D eigenvalue weighted by Gasteiger charge is -2.37. The quantitative estimate of drug-likeness (QED) is 0.854. The molecule has 0 bridgehead atoms. The van der Waals surface area contributed by atoms with Gasteiger partial charge in [-0.05, 0) is 19.0 Å². The normalized spacial score (nSPS) is 25.7. The smallest absolute Gasteiger partial charge is 0.269 e. The van der Waals surface area contributed by atoms with Crippen LogP contribution in [0.15, 0.2) is 35.5 Å². The maximum Gasteiger partial charge on any atom is 0.269 e. The Morgan fingerprint density at radius 3 is 2.55 bits per heavy atom. The Hall–Kier alpha value is -1.88. The molecule has 0 spiro atoms. The van der Waals surface area contributed by atoms with Crippen molar-refractivity contribution >= 4 is 11.6 Å². The van der Waals surface area contributed by atoms with E-state index >= 15 is 0 Å². The largest absolute Gasteiger partial charge is 0.379 e. The summed E-state index contributed by atoms with van der Waals surface area (Å²) in [5.74, 6) is 0.0536. The van der Waals surface area contributed by atoms with E-state index in [1.165, 1.54) is 0 Å². The predicted molar refractivity (Wildman–Crippen MR) is 85.8 cm³/mol. The summed E-state index contributed by atoms with van der Waals surface area (Å²) in [5.41, 5.74) is 1.01. The maximum atomic E-state index is 12.8. The summed E-state index contributed by atoms with van der Waals surface area (Å²) in [4.78, 5) is 22.6. The molecular formula is C17H23N3O2. The van der Waals surface area contributed by atoms with E-state index in [-0.39, 0.29) is 5.91 Å². The van der Waals surface area contributed by atoms with Crippen LogP contribution in [0.3, 0.4) is 0 Å². The van der Waals surface area contributed by atoms with Gasteiger partial charge < -0.3 is 14.6 Å². The van der Waals surface area contributed by atoms with Crippen molar-refractivity contribution in [3.63, 3.8) is 0 Å². The molecule has 5 nitrogen and oxygen atoms in total. The van der Waals surface area contributed by atoms with Gasteiger partial charge in [0.15, 0.2) is 0 Å². The number of hydrogen-bond acceptors (Lipinski definition) is 4. The first kappa shape index (κ1) is 15.0. The molecule has 0 aliphatic carbocycles. The molecule has 1 amide bonds. The first-order valence-corrected chi connectivity index (χ1v) is 7.94. The highest BCUT2D eigenvalue weighted by molar-refractivity contribution is 6.05. The Bertz CT molecular complexity index is 565. The van der Waals surface area contributed by atoms with E-state index in [0.717, 1.165) is 44.0 Å². The fraction of sp³-hybridized carbons (Fsp3) is 0.529. The number of hydrogen-bond donors (Lipinski definition) is 0. The number of benzene rings is 1. The monoisotopic (exact) mass is 301 g/mol. The standard InChI is InChI=1S/C17H23N3O2/c1-3-19-9-11-20(12-10-19)16(21)17(2)13-15(18-22-17)14-7-5-4-6-8-14/h4-8H,3,9-13H2,1-2H3/t17-/m0/s1. The lowest BCUT2D eigenvalue weighted by Crippen LogP contribution is -2.54. The van der Waals surface area contributed by atoms with Crippen molar-refractivity contribution in [2.75, 3.05) is 32.7 Å². The zero-order chi connectivity index (χ0) is 15.6. The molecule has 2 heterocycles. The highest BCUT2D eigenvalue weighted by Crippen LogP contribution is 2.29. The van der Waals surface area contributed by atoms with Crippen LogP contribution in [0.5, 0.6) is 0 Å². The highest BCUT2D eigenvalue weighted by atomic mass is 16.7. The van der Waals surface area contributed by atoms with Gasteiger partial charge in [-0.15, -0.1) is 0 Å². The van der Waals surface area contributed by atoms with Crippen molar-refractivity contribution in [1.29, 1.82) is 0 Å². The second-order valence-corrected chi connectivity index (χ2v) is 6.13. The number of oxime groups is 1. The van der Waals surface area contributed by atoms with Gasteiger partial charge in [-0.2, -0.15) is 0 Å². The van der Waals surface area contributed by atoms with Crippen molar-refractivity contribution in [3.05, 3.63) is 35.9 Å². The summed E-state index contributed by atoms with van der Waals surface area (Å²) >= 11 is 0. The van der Waals surface area contributed by atoms with Gasteiger partial charge in [0, 0.05) is 32.6 Å². The summed E-state index contributed by atoms with van der Waals surface area (Å²) in [6.45, 7) is 8.45. The molecule has 3 rings (SSSR count). The molecule has 2 aliphatic rings. The van der Waals surface area contributed by atoms with E-state index in [9.17, 15) is 4.79 Å². The Kier molecular flexibility index (Phi) is 4.16. The second kappa shape index (κ2) is 6.08. The highest BCUT2D eigenvalue weighted by Gasteiger charge is 2.45. The predicted octanol–water partition coefficient (Wildman–Crippen LogP) is 1.73. The molecule has 2 aliphatic heterocycles. The number of amides is 1. The first-order chi connectivity index (χ1) is 10.6. The Morgan fingerprint density at radius 2 is 1.91 bits per heavy atom. The minimum Gasteiger partial charge on any atom is -0.379 e. The number of piperazine rings is 1. The van der Waals surface area contributed by atoms with E-state index in [2.05, 4.69) is 17.0 Å². The van der Waals surface area contributed by atoms with Crippen LogP contribution in [0.1, 0.15) is 25.8 Å². The maximum absolute atomic E-state index is 12.8. The molecule has 22 heavy (non-hydrogen) atoms. The van der Waals surface area contributed by atoms with Crippen LogP contribution < -0.4 is 0 Å². The topological polar surface area (TPSA) is 45.1 Å². The average molecular weight is 301 g/mol. The van der Waals surface area contributed by atoms with Crippen LogP contribution in [0.2, 0.25) is 0 Å². The number of carbonyl (C=O) groups excluding carboxylic acids is 1. The summed E-state index contributed by atoms with van der Waals surface area (Å²) in [6.07, 6.45) is 0.532. The summed E-state index contributed by atoms with van der Waals surface area (Å²) < 4.78 is 0. The summed E-state index contributed by atoms with van der Waals surface area (Å²) in [5, 5.41) is 4.16. The molecule has 5 heteroatoms. The molecule has 1 fully saturated rings. The molecule has 1 saturated heterocycles. The Balaban J connectivity index is 1.65. The van der Waals surface area contributed by atoms with E-state index in [1.807, 2.05) is 42.2 Å². The molecule has 118 valence electrons. The minimum atomic E-state index is -0.862. The van der Waals surface area contributed by atoms with Gasteiger partial charge >= 0.3 is 0 Å². The van der Waals surface area contributed by atoms with E-state index in [1.54, 1.807) is 0 Å². The molecule has 0 radical (unpaired) electrons. The molecule has 1 aromatic carbocycles. The number of rotatable bonds is 3. The molecule has 1 atom stereocenters. The van der Waals surface area contributed by atoms with Gasteiger partial charge in [-0.1, -0.05) is 42.4 Å². The van der Waals surface area contributed by atoms with Crippen LogP contribution in [0, 0.1) is 0 Å². The zero-order valence-electron chi connectivity index (χ0n) is 13.3. The molecule has 0 aromatic heterocycles. The van der Waals surface area contributed by atoms with Gasteiger partial charge in [0.05, 0.1) is 5.71 Å². The summed E-state index contributed by atoms with van der Waals surface area (Å²) in [7, 11) is 0. The van der Waals surface area contributed by atoms with Crippen LogP contribution in [-0.2, 0) is 9.63 Å². The summed E-state index contributed by atoms with van der Waals surface area (Å²) in [6, 6.07) is 9.91. The molecule has 1 aromatic rings. The Morgan fingerprint density at radius 1 is 1.23 bits per heavy atom. The van der Waals surface area contributed by atoms with E-state index < -0.39 is 5.60 Å². The fourth-order valence-corrected chi connectivity index (χ4v) is 3.04. The zero-order valence-corrected chi connectivity index (χ0v) is 13.3. The van der Waals surface area contributed by atoms with Gasteiger partial charge in [0.25, 0.3) is 5.91 Å². The van der Waals surface area contributed by atoms with Crippen LogP contribution >= 0.6 is 0 Å². The van der Waals surface area contributed by atoms with E-state index in [4.69, 9.17) is 4.84 Å². The van der Waals surface area contributed by atoms with Crippen molar-refractivity contribution in [2.24, 2.45) is 5.16 Å². The first-order valence-electron chi connectivity index (χ1n) is 7.94. The molecular weight excluding hydrogens is 278 g/mol. The third kappa shape index (κ3) is 2.86. The van der Waals surface area contributed by atoms with Gasteiger partial charge in [0.1, 0.15) is 0 Å². The van der Waals surface area contributed by atoms with Gasteiger partial charge in [-0.25, -0.2) is 0 Å². The second-order valence-electron chi connectivity index (χ2n) is 6.13. The number of likely N-dealkylation sites (N-methyl/N-ethyl adjacent to an activating group) is 1.